The molecule has 1 spiro atoms. The number of aromatic nitrogens is 2. The van der Waals surface area contributed by atoms with Gasteiger partial charge in [0.25, 0.3) is 0 Å². The zero-order chi connectivity index (χ0) is 16.3. The van der Waals surface area contributed by atoms with Crippen LogP contribution in [0.25, 0.3) is 0 Å². The van der Waals surface area contributed by atoms with Crippen LogP contribution in [0.2, 0.25) is 0 Å². The first kappa shape index (κ1) is 16.2. The quantitative estimate of drug-likeness (QED) is 0.857. The third-order valence-electron chi connectivity index (χ3n) is 5.26. The molecule has 3 heterocycles. The molecule has 2 aliphatic heterocycles. The van der Waals surface area contributed by atoms with E-state index in [2.05, 4.69) is 33.6 Å². The molecule has 1 amide bonds. The Balaban J connectivity index is 1.69. The van der Waals surface area contributed by atoms with Crippen LogP contribution >= 0.6 is 0 Å². The molecule has 23 heavy (non-hydrogen) atoms. The van der Waals surface area contributed by atoms with Crippen molar-refractivity contribution in [3.63, 3.8) is 0 Å². The van der Waals surface area contributed by atoms with Crippen LogP contribution in [0.1, 0.15) is 46.0 Å². The van der Waals surface area contributed by atoms with Gasteiger partial charge in [-0.2, -0.15) is 0 Å². The Morgan fingerprint density at radius 2 is 2.13 bits per heavy atom. The maximum atomic E-state index is 12.3. The van der Waals surface area contributed by atoms with Crippen molar-refractivity contribution < 1.29 is 4.79 Å². The average Bonchev–Trinajstić information content (AvgIpc) is 2.57. The van der Waals surface area contributed by atoms with E-state index in [1.54, 1.807) is 12.4 Å². The molecule has 0 bridgehead atoms. The highest BCUT2D eigenvalue weighted by atomic mass is 16.2. The average molecular weight is 316 g/mol. The molecule has 0 aromatic carbocycles. The lowest BCUT2D eigenvalue weighted by molar-refractivity contribution is -0.138. The van der Waals surface area contributed by atoms with Gasteiger partial charge in [0, 0.05) is 50.4 Å². The summed E-state index contributed by atoms with van der Waals surface area (Å²) in [4.78, 5) is 25.4. The number of piperidine rings is 2. The lowest BCUT2D eigenvalue weighted by atomic mass is 9.73. The van der Waals surface area contributed by atoms with Crippen LogP contribution in [0.3, 0.4) is 0 Å². The van der Waals surface area contributed by atoms with Crippen molar-refractivity contribution in [1.29, 1.82) is 0 Å². The third-order valence-corrected chi connectivity index (χ3v) is 5.26. The van der Waals surface area contributed by atoms with E-state index >= 15 is 0 Å². The second kappa shape index (κ2) is 6.85. The largest absolute Gasteiger partial charge is 0.355 e. The van der Waals surface area contributed by atoms with Gasteiger partial charge < -0.3 is 9.80 Å². The van der Waals surface area contributed by atoms with E-state index in [0.29, 0.717) is 18.2 Å². The van der Waals surface area contributed by atoms with E-state index in [1.165, 1.54) is 12.8 Å². The fourth-order valence-corrected chi connectivity index (χ4v) is 3.91. The summed E-state index contributed by atoms with van der Waals surface area (Å²) in [5.74, 6) is 1.95. The molecule has 126 valence electrons. The Kier molecular flexibility index (Phi) is 4.83. The molecule has 2 aliphatic rings. The van der Waals surface area contributed by atoms with Gasteiger partial charge in [0.2, 0.25) is 5.91 Å². The molecule has 1 aromatic rings. The number of anilines is 1. The predicted octanol–water partition coefficient (Wildman–Crippen LogP) is 2.73. The van der Waals surface area contributed by atoms with Crippen molar-refractivity contribution in [2.75, 3.05) is 31.1 Å². The number of hydrogen-bond donors (Lipinski definition) is 0. The van der Waals surface area contributed by atoms with Gasteiger partial charge in [0.05, 0.1) is 6.20 Å². The fraction of sp³-hybridized carbons (Fsp3) is 0.722. The number of hydrogen-bond acceptors (Lipinski definition) is 4. The van der Waals surface area contributed by atoms with Gasteiger partial charge in [-0.05, 0) is 31.6 Å². The van der Waals surface area contributed by atoms with Crippen molar-refractivity contribution in [3.8, 4) is 0 Å². The molecular formula is C18H28N4O. The van der Waals surface area contributed by atoms with Gasteiger partial charge in [-0.1, -0.05) is 13.8 Å². The number of carbonyl (C=O) groups excluding carboxylic acids is 1. The van der Waals surface area contributed by atoms with Gasteiger partial charge >= 0.3 is 0 Å². The van der Waals surface area contributed by atoms with Crippen LogP contribution < -0.4 is 4.90 Å². The zero-order valence-electron chi connectivity index (χ0n) is 14.4. The number of rotatable bonds is 4. The second-order valence-electron chi connectivity index (χ2n) is 7.59. The molecule has 5 nitrogen and oxygen atoms in total. The molecule has 1 unspecified atom stereocenters. The summed E-state index contributed by atoms with van der Waals surface area (Å²) in [6, 6.07) is 0. The standard InChI is InChI=1S/C18H28N4O/c1-15(2)5-11-22-14-18(7-4-17(22)23)6-3-10-21(13-18)16-12-19-8-9-20-16/h8-9,12,15H,3-7,10-11,13-14H2,1-2H3. The first-order valence-electron chi connectivity index (χ1n) is 8.87. The summed E-state index contributed by atoms with van der Waals surface area (Å²) in [6.07, 6.45) is 10.5. The van der Waals surface area contributed by atoms with E-state index in [-0.39, 0.29) is 5.41 Å². The Hall–Kier alpha value is -1.65. The maximum absolute atomic E-state index is 12.3. The van der Waals surface area contributed by atoms with Crippen LogP contribution in [0.4, 0.5) is 5.82 Å². The normalized spacial score (nSPS) is 25.4. The third kappa shape index (κ3) is 3.82. The van der Waals surface area contributed by atoms with Crippen LogP contribution in [-0.2, 0) is 4.79 Å². The predicted molar refractivity (Wildman–Crippen MR) is 91.2 cm³/mol. The molecule has 0 saturated carbocycles. The molecule has 0 aliphatic carbocycles. The van der Waals surface area contributed by atoms with Crippen LogP contribution in [0.15, 0.2) is 18.6 Å². The SMILES string of the molecule is CC(C)CCN1CC2(CCCN(c3cnccn3)C2)CCC1=O. The summed E-state index contributed by atoms with van der Waals surface area (Å²) >= 11 is 0. The highest BCUT2D eigenvalue weighted by molar-refractivity contribution is 5.77. The number of amides is 1. The molecule has 2 fully saturated rings. The van der Waals surface area contributed by atoms with Crippen molar-refractivity contribution in [1.82, 2.24) is 14.9 Å². The molecule has 0 N–H and O–H groups in total. The van der Waals surface area contributed by atoms with E-state index < -0.39 is 0 Å². The number of carbonyl (C=O) groups is 1. The topological polar surface area (TPSA) is 49.3 Å². The lowest BCUT2D eigenvalue weighted by Gasteiger charge is -2.48. The van der Waals surface area contributed by atoms with Crippen molar-refractivity contribution in [2.24, 2.45) is 11.3 Å². The van der Waals surface area contributed by atoms with Crippen LogP contribution in [0.5, 0.6) is 0 Å². The van der Waals surface area contributed by atoms with Gasteiger partial charge in [-0.3, -0.25) is 9.78 Å². The minimum atomic E-state index is 0.237. The molecular weight excluding hydrogens is 288 g/mol. The monoisotopic (exact) mass is 316 g/mol. The van der Waals surface area contributed by atoms with Gasteiger partial charge in [0.1, 0.15) is 5.82 Å². The van der Waals surface area contributed by atoms with Crippen molar-refractivity contribution >= 4 is 11.7 Å². The van der Waals surface area contributed by atoms with Crippen molar-refractivity contribution in [2.45, 2.75) is 46.0 Å². The summed E-state index contributed by atoms with van der Waals surface area (Å²) in [6.45, 7) is 8.30. The smallest absolute Gasteiger partial charge is 0.222 e. The molecule has 3 rings (SSSR count). The molecule has 1 aromatic heterocycles. The Morgan fingerprint density at radius 3 is 2.87 bits per heavy atom. The summed E-state index contributed by atoms with van der Waals surface area (Å²) in [7, 11) is 0. The Morgan fingerprint density at radius 1 is 1.26 bits per heavy atom. The highest BCUT2D eigenvalue weighted by Crippen LogP contribution is 2.39. The van der Waals surface area contributed by atoms with Crippen molar-refractivity contribution in [3.05, 3.63) is 18.6 Å². The molecule has 1 atom stereocenters. The van der Waals surface area contributed by atoms with Gasteiger partial charge in [-0.15, -0.1) is 0 Å². The second-order valence-corrected chi connectivity index (χ2v) is 7.59. The minimum absolute atomic E-state index is 0.237. The van der Waals surface area contributed by atoms with Gasteiger partial charge in [-0.25, -0.2) is 4.98 Å². The van der Waals surface area contributed by atoms with E-state index in [1.807, 2.05) is 6.20 Å². The van der Waals surface area contributed by atoms with E-state index in [0.717, 1.165) is 44.8 Å². The molecule has 5 heteroatoms. The molecule has 0 radical (unpaired) electrons. The summed E-state index contributed by atoms with van der Waals surface area (Å²) < 4.78 is 0. The number of nitrogens with zero attached hydrogens (tertiary/aromatic N) is 4. The number of likely N-dealkylation sites (tertiary alicyclic amines) is 1. The van der Waals surface area contributed by atoms with Crippen LogP contribution in [-0.4, -0.2) is 47.0 Å². The summed E-state index contributed by atoms with van der Waals surface area (Å²) in [5.41, 5.74) is 0.237. The van der Waals surface area contributed by atoms with E-state index in [9.17, 15) is 4.79 Å². The minimum Gasteiger partial charge on any atom is -0.355 e. The van der Waals surface area contributed by atoms with Gasteiger partial charge in [0.15, 0.2) is 0 Å². The lowest BCUT2D eigenvalue weighted by Crippen LogP contribution is -2.54. The zero-order valence-corrected chi connectivity index (χ0v) is 14.4. The highest BCUT2D eigenvalue weighted by Gasteiger charge is 2.41. The Labute approximate surface area is 139 Å². The van der Waals surface area contributed by atoms with E-state index in [4.69, 9.17) is 0 Å². The fourth-order valence-electron chi connectivity index (χ4n) is 3.91. The molecule has 2 saturated heterocycles. The summed E-state index contributed by atoms with van der Waals surface area (Å²) in [5, 5.41) is 0. The van der Waals surface area contributed by atoms with Crippen LogP contribution in [0, 0.1) is 11.3 Å². The first-order chi connectivity index (χ1) is 11.1. The Bertz CT molecular complexity index is 533. The first-order valence-corrected chi connectivity index (χ1v) is 8.87. The maximum Gasteiger partial charge on any atom is 0.222 e.